The molecule has 1 aromatic carbocycles. The third kappa shape index (κ3) is 4.34. The molecule has 1 saturated heterocycles. The summed E-state index contributed by atoms with van der Waals surface area (Å²) in [5.74, 6) is -0.725. The molecule has 3 rings (SSSR count). The Morgan fingerprint density at radius 2 is 2.32 bits per heavy atom. The number of carbonyl (C=O) groups excluding carboxylic acids is 1. The molecule has 2 heterocycles. The molecule has 1 N–H and O–H groups in total. The van der Waals surface area contributed by atoms with Gasteiger partial charge in [0.25, 0.3) is 5.91 Å². The predicted octanol–water partition coefficient (Wildman–Crippen LogP) is 1.96. The van der Waals surface area contributed by atoms with E-state index in [0.717, 1.165) is 10.7 Å². The molecule has 1 fully saturated rings. The minimum atomic E-state index is -1.06. The fourth-order valence-electron chi connectivity index (χ4n) is 2.52. The summed E-state index contributed by atoms with van der Waals surface area (Å²) in [6.07, 6.45) is -0.981. The maximum absolute atomic E-state index is 12.6. The second-order valence-electron chi connectivity index (χ2n) is 5.62. The fraction of sp³-hybridized carbons (Fsp3) is 0.353. The number of benzene rings is 1. The monoisotopic (exact) mass is 362 g/mol. The zero-order valence-corrected chi connectivity index (χ0v) is 14.5. The molecule has 2 aromatic rings. The molecule has 7 nitrogen and oxygen atoms in total. The Bertz CT molecular complexity index is 776. The summed E-state index contributed by atoms with van der Waals surface area (Å²) in [5.41, 5.74) is 1.30. The third-order valence-electron chi connectivity index (χ3n) is 3.76. The van der Waals surface area contributed by atoms with Gasteiger partial charge in [-0.25, -0.2) is 9.78 Å². The number of carboxylic acid groups (broad SMARTS) is 1. The van der Waals surface area contributed by atoms with Gasteiger partial charge in [0.15, 0.2) is 6.10 Å². The molecule has 0 saturated carbocycles. The van der Waals surface area contributed by atoms with Gasteiger partial charge in [0.05, 0.1) is 23.9 Å². The molecule has 0 bridgehead atoms. The Morgan fingerprint density at radius 3 is 3.04 bits per heavy atom. The molecule has 1 atom stereocenters. The van der Waals surface area contributed by atoms with Crippen molar-refractivity contribution in [2.75, 3.05) is 19.7 Å². The lowest BCUT2D eigenvalue weighted by atomic mass is 10.1. The number of carboxylic acids is 1. The van der Waals surface area contributed by atoms with Crippen LogP contribution in [-0.4, -0.2) is 52.7 Å². The van der Waals surface area contributed by atoms with Crippen molar-refractivity contribution < 1.29 is 24.2 Å². The van der Waals surface area contributed by atoms with Gasteiger partial charge in [0.1, 0.15) is 12.4 Å². The lowest BCUT2D eigenvalue weighted by molar-refractivity contribution is -0.154. The summed E-state index contributed by atoms with van der Waals surface area (Å²) in [6.45, 7) is 2.88. The number of aromatic nitrogens is 1. The van der Waals surface area contributed by atoms with E-state index in [-0.39, 0.29) is 19.1 Å². The molecule has 8 heteroatoms. The number of ether oxygens (including phenoxy) is 2. The van der Waals surface area contributed by atoms with Crippen LogP contribution >= 0.6 is 11.3 Å². The zero-order valence-electron chi connectivity index (χ0n) is 13.7. The van der Waals surface area contributed by atoms with E-state index in [4.69, 9.17) is 14.6 Å². The van der Waals surface area contributed by atoms with Gasteiger partial charge >= 0.3 is 5.97 Å². The number of nitrogens with zero attached hydrogens (tertiary/aromatic N) is 2. The molecule has 132 valence electrons. The van der Waals surface area contributed by atoms with E-state index in [9.17, 15) is 9.59 Å². The summed E-state index contributed by atoms with van der Waals surface area (Å²) in [6, 6.07) is 6.86. The Labute approximate surface area is 148 Å². The van der Waals surface area contributed by atoms with Crippen LogP contribution in [0.25, 0.3) is 0 Å². The summed E-state index contributed by atoms with van der Waals surface area (Å²) < 4.78 is 10.8. The van der Waals surface area contributed by atoms with Crippen LogP contribution in [0.1, 0.15) is 21.1 Å². The van der Waals surface area contributed by atoms with Crippen LogP contribution in [0.4, 0.5) is 0 Å². The van der Waals surface area contributed by atoms with Crippen LogP contribution in [-0.2, 0) is 16.1 Å². The Balaban J connectivity index is 1.65. The highest BCUT2D eigenvalue weighted by Crippen LogP contribution is 2.18. The first-order valence-electron chi connectivity index (χ1n) is 7.80. The van der Waals surface area contributed by atoms with E-state index in [1.54, 1.807) is 35.6 Å². The van der Waals surface area contributed by atoms with Crippen LogP contribution in [0.5, 0.6) is 5.75 Å². The highest BCUT2D eigenvalue weighted by molar-refractivity contribution is 7.09. The van der Waals surface area contributed by atoms with Crippen molar-refractivity contribution in [2.24, 2.45) is 0 Å². The van der Waals surface area contributed by atoms with E-state index < -0.39 is 12.1 Å². The maximum atomic E-state index is 12.6. The zero-order chi connectivity index (χ0) is 17.8. The molecule has 25 heavy (non-hydrogen) atoms. The molecule has 1 amide bonds. The number of hydrogen-bond donors (Lipinski definition) is 1. The highest BCUT2D eigenvalue weighted by Gasteiger charge is 2.29. The van der Waals surface area contributed by atoms with Crippen molar-refractivity contribution in [3.63, 3.8) is 0 Å². The van der Waals surface area contributed by atoms with Gasteiger partial charge in [0, 0.05) is 17.5 Å². The second-order valence-corrected chi connectivity index (χ2v) is 6.69. The van der Waals surface area contributed by atoms with Crippen LogP contribution in [0, 0.1) is 6.92 Å². The van der Waals surface area contributed by atoms with E-state index in [2.05, 4.69) is 4.98 Å². The van der Waals surface area contributed by atoms with E-state index in [1.165, 1.54) is 4.90 Å². The van der Waals surface area contributed by atoms with Gasteiger partial charge in [-0.1, -0.05) is 6.07 Å². The van der Waals surface area contributed by atoms with Crippen LogP contribution in [0.2, 0.25) is 0 Å². The van der Waals surface area contributed by atoms with Crippen molar-refractivity contribution in [3.05, 3.63) is 45.9 Å². The first-order chi connectivity index (χ1) is 12.0. The third-order valence-corrected chi connectivity index (χ3v) is 4.59. The summed E-state index contributed by atoms with van der Waals surface area (Å²) in [5, 5.41) is 12.0. The van der Waals surface area contributed by atoms with E-state index in [1.807, 2.05) is 12.3 Å². The number of hydrogen-bond acceptors (Lipinski definition) is 6. The van der Waals surface area contributed by atoms with Crippen LogP contribution < -0.4 is 4.74 Å². The Morgan fingerprint density at radius 1 is 1.48 bits per heavy atom. The number of amides is 1. The number of aliphatic carboxylic acids is 1. The summed E-state index contributed by atoms with van der Waals surface area (Å²) in [7, 11) is 0. The number of thiazole rings is 1. The largest absolute Gasteiger partial charge is 0.487 e. The average Bonchev–Trinajstić information content (AvgIpc) is 3.05. The van der Waals surface area contributed by atoms with Gasteiger partial charge in [-0.2, -0.15) is 0 Å². The SMILES string of the molecule is Cc1nc(COc2cccc(C(=O)N3CCO[C@H](C(=O)O)C3)c2)cs1. The van der Waals surface area contributed by atoms with Gasteiger partial charge < -0.3 is 19.5 Å². The number of aryl methyl sites for hydroxylation is 1. The van der Waals surface area contributed by atoms with Gasteiger partial charge in [-0.3, -0.25) is 4.79 Å². The van der Waals surface area contributed by atoms with E-state index in [0.29, 0.717) is 24.5 Å². The Kier molecular flexibility index (Phi) is 5.30. The van der Waals surface area contributed by atoms with Crippen LogP contribution in [0.15, 0.2) is 29.6 Å². The quantitative estimate of drug-likeness (QED) is 0.875. The normalized spacial score (nSPS) is 17.3. The summed E-state index contributed by atoms with van der Waals surface area (Å²) >= 11 is 1.56. The maximum Gasteiger partial charge on any atom is 0.334 e. The minimum Gasteiger partial charge on any atom is -0.487 e. The van der Waals surface area contributed by atoms with E-state index >= 15 is 0 Å². The molecular weight excluding hydrogens is 344 g/mol. The smallest absolute Gasteiger partial charge is 0.334 e. The summed E-state index contributed by atoms with van der Waals surface area (Å²) in [4.78, 5) is 29.5. The van der Waals surface area contributed by atoms with Crippen molar-refractivity contribution >= 4 is 23.2 Å². The van der Waals surface area contributed by atoms with Crippen molar-refractivity contribution in [1.29, 1.82) is 0 Å². The fourth-order valence-corrected chi connectivity index (χ4v) is 3.11. The van der Waals surface area contributed by atoms with Crippen molar-refractivity contribution in [1.82, 2.24) is 9.88 Å². The lowest BCUT2D eigenvalue weighted by Crippen LogP contribution is -2.48. The first-order valence-corrected chi connectivity index (χ1v) is 8.68. The van der Waals surface area contributed by atoms with Gasteiger partial charge in [0.2, 0.25) is 0 Å². The second kappa shape index (κ2) is 7.62. The number of rotatable bonds is 5. The standard InChI is InChI=1S/C17H18N2O5S/c1-11-18-13(10-25-11)9-24-14-4-2-3-12(7-14)16(20)19-5-6-23-15(8-19)17(21)22/h2-4,7,10,15H,5-6,8-9H2,1H3,(H,21,22)/t15-/m0/s1. The number of morpholine rings is 1. The lowest BCUT2D eigenvalue weighted by Gasteiger charge is -2.31. The molecule has 1 aliphatic heterocycles. The molecule has 0 unspecified atom stereocenters. The first kappa shape index (κ1) is 17.4. The molecule has 0 spiro atoms. The van der Waals surface area contributed by atoms with Crippen molar-refractivity contribution in [3.8, 4) is 5.75 Å². The minimum absolute atomic E-state index is 0.0390. The molecule has 1 aliphatic rings. The van der Waals surface area contributed by atoms with Crippen molar-refractivity contribution in [2.45, 2.75) is 19.6 Å². The molecule has 0 aliphatic carbocycles. The highest BCUT2D eigenvalue weighted by atomic mass is 32.1. The molecule has 0 radical (unpaired) electrons. The predicted molar refractivity (Wildman–Crippen MR) is 90.9 cm³/mol. The topological polar surface area (TPSA) is 89.0 Å². The van der Waals surface area contributed by atoms with Gasteiger partial charge in [-0.05, 0) is 25.1 Å². The molecule has 1 aromatic heterocycles. The van der Waals surface area contributed by atoms with Crippen LogP contribution in [0.3, 0.4) is 0 Å². The number of carbonyl (C=O) groups is 2. The average molecular weight is 362 g/mol. The molecular formula is C17H18N2O5S. The van der Waals surface area contributed by atoms with Gasteiger partial charge in [-0.15, -0.1) is 11.3 Å². The Hall–Kier alpha value is -2.45.